The Morgan fingerprint density at radius 2 is 1.76 bits per heavy atom. The molecule has 34 heavy (non-hydrogen) atoms. The van der Waals surface area contributed by atoms with E-state index in [-0.39, 0.29) is 29.9 Å². The number of hydrogen-bond acceptors (Lipinski definition) is 5. The molecule has 2 aromatic carbocycles. The molecule has 1 aliphatic heterocycles. The second kappa shape index (κ2) is 9.91. The number of ether oxygens (including phenoxy) is 1. The van der Waals surface area contributed by atoms with E-state index < -0.39 is 5.97 Å². The van der Waals surface area contributed by atoms with Gasteiger partial charge in [-0.2, -0.15) is 5.10 Å². The second-order valence-electron chi connectivity index (χ2n) is 8.62. The van der Waals surface area contributed by atoms with Gasteiger partial charge in [0, 0.05) is 30.8 Å². The summed E-state index contributed by atoms with van der Waals surface area (Å²) in [4.78, 5) is 38.6. The van der Waals surface area contributed by atoms with Crippen molar-refractivity contribution < 1.29 is 19.1 Å². The molecule has 2 N–H and O–H groups in total. The maximum atomic E-state index is 13.1. The van der Waals surface area contributed by atoms with Crippen molar-refractivity contribution in [2.24, 2.45) is 11.7 Å². The first-order valence-corrected chi connectivity index (χ1v) is 11.3. The standard InChI is InChI=1S/C26H28N4O4/c1-17-8-9-21(18(2)14-17)24-22(15-30(28-24)20-6-4-3-5-7-20)26(33)34-16-23(31)29-12-10-19(11-13-29)25(27)32/h3-9,14-15,19H,10-13,16H2,1-2H3,(H2,27,32). The van der Waals surface area contributed by atoms with Gasteiger partial charge in [-0.3, -0.25) is 9.59 Å². The Labute approximate surface area is 198 Å². The lowest BCUT2D eigenvalue weighted by molar-refractivity contribution is -0.137. The van der Waals surface area contributed by atoms with Crippen LogP contribution >= 0.6 is 0 Å². The van der Waals surface area contributed by atoms with Crippen molar-refractivity contribution in [3.63, 3.8) is 0 Å². The fraction of sp³-hybridized carbons (Fsp3) is 0.308. The molecule has 176 valence electrons. The lowest BCUT2D eigenvalue weighted by atomic mass is 9.96. The van der Waals surface area contributed by atoms with Crippen LogP contribution < -0.4 is 5.73 Å². The van der Waals surface area contributed by atoms with Crippen LogP contribution in [0.25, 0.3) is 16.9 Å². The van der Waals surface area contributed by atoms with Crippen LogP contribution in [-0.2, 0) is 14.3 Å². The molecular weight excluding hydrogens is 432 g/mol. The number of nitrogens with two attached hydrogens (primary N) is 1. The quantitative estimate of drug-likeness (QED) is 0.569. The first-order chi connectivity index (χ1) is 16.3. The highest BCUT2D eigenvalue weighted by Gasteiger charge is 2.27. The molecule has 0 bridgehead atoms. The van der Waals surface area contributed by atoms with Gasteiger partial charge in [0.15, 0.2) is 6.61 Å². The Morgan fingerprint density at radius 1 is 1.06 bits per heavy atom. The average Bonchev–Trinajstić information content (AvgIpc) is 3.28. The van der Waals surface area contributed by atoms with Gasteiger partial charge in [-0.15, -0.1) is 0 Å². The van der Waals surface area contributed by atoms with E-state index in [4.69, 9.17) is 10.5 Å². The van der Waals surface area contributed by atoms with Gasteiger partial charge >= 0.3 is 5.97 Å². The van der Waals surface area contributed by atoms with Crippen LogP contribution in [0, 0.1) is 19.8 Å². The number of esters is 1. The van der Waals surface area contributed by atoms with Crippen LogP contribution in [0.4, 0.5) is 0 Å². The van der Waals surface area contributed by atoms with Gasteiger partial charge in [-0.1, -0.05) is 42.0 Å². The van der Waals surface area contributed by atoms with Crippen molar-refractivity contribution in [3.8, 4) is 16.9 Å². The van der Waals surface area contributed by atoms with E-state index in [2.05, 4.69) is 5.10 Å². The van der Waals surface area contributed by atoms with E-state index >= 15 is 0 Å². The minimum absolute atomic E-state index is 0.212. The molecule has 2 amide bonds. The van der Waals surface area contributed by atoms with E-state index in [0.717, 1.165) is 22.4 Å². The van der Waals surface area contributed by atoms with E-state index in [1.54, 1.807) is 15.8 Å². The maximum Gasteiger partial charge on any atom is 0.342 e. The average molecular weight is 461 g/mol. The number of piperidine rings is 1. The largest absolute Gasteiger partial charge is 0.452 e. The third-order valence-electron chi connectivity index (χ3n) is 6.17. The summed E-state index contributed by atoms with van der Waals surface area (Å²) in [5, 5.41) is 4.68. The van der Waals surface area contributed by atoms with Crippen LogP contribution in [0.3, 0.4) is 0 Å². The number of aromatic nitrogens is 2. The number of carbonyl (C=O) groups is 3. The van der Waals surface area contributed by atoms with E-state index in [1.165, 1.54) is 0 Å². The molecule has 8 heteroatoms. The second-order valence-corrected chi connectivity index (χ2v) is 8.62. The van der Waals surface area contributed by atoms with Gasteiger partial charge in [0.2, 0.25) is 5.91 Å². The molecule has 1 saturated heterocycles. The number of rotatable bonds is 6. The van der Waals surface area contributed by atoms with Gasteiger partial charge in [0.1, 0.15) is 11.3 Å². The number of amides is 2. The number of para-hydroxylation sites is 1. The number of nitrogens with zero attached hydrogens (tertiary/aromatic N) is 3. The zero-order valence-electron chi connectivity index (χ0n) is 19.4. The smallest absolute Gasteiger partial charge is 0.342 e. The van der Waals surface area contributed by atoms with Gasteiger partial charge in [0.25, 0.3) is 5.91 Å². The summed E-state index contributed by atoms with van der Waals surface area (Å²) in [7, 11) is 0. The molecular formula is C26H28N4O4. The molecule has 0 radical (unpaired) electrons. The molecule has 0 unspecified atom stereocenters. The fourth-order valence-electron chi connectivity index (χ4n) is 4.22. The normalized spacial score (nSPS) is 14.1. The number of likely N-dealkylation sites (tertiary alicyclic amines) is 1. The monoisotopic (exact) mass is 460 g/mol. The summed E-state index contributed by atoms with van der Waals surface area (Å²) in [5.41, 5.74) is 9.87. The van der Waals surface area contributed by atoms with Crippen molar-refractivity contribution >= 4 is 17.8 Å². The van der Waals surface area contributed by atoms with Crippen molar-refractivity contribution in [2.75, 3.05) is 19.7 Å². The summed E-state index contributed by atoms with van der Waals surface area (Å²) >= 11 is 0. The van der Waals surface area contributed by atoms with Gasteiger partial charge in [-0.25, -0.2) is 9.48 Å². The minimum Gasteiger partial charge on any atom is -0.452 e. The SMILES string of the molecule is Cc1ccc(-c2nn(-c3ccccc3)cc2C(=O)OCC(=O)N2CCC(C(N)=O)CC2)c(C)c1. The predicted molar refractivity (Wildman–Crippen MR) is 127 cm³/mol. The molecule has 0 spiro atoms. The Morgan fingerprint density at radius 3 is 2.41 bits per heavy atom. The first kappa shape index (κ1) is 23.2. The summed E-state index contributed by atoms with van der Waals surface area (Å²) in [5.74, 6) is -1.46. The number of primary amides is 1. The van der Waals surface area contributed by atoms with Crippen molar-refractivity contribution in [3.05, 3.63) is 71.4 Å². The number of hydrogen-bond donors (Lipinski definition) is 1. The minimum atomic E-state index is -0.613. The molecule has 0 atom stereocenters. The zero-order valence-corrected chi connectivity index (χ0v) is 19.4. The van der Waals surface area contributed by atoms with Crippen molar-refractivity contribution in [2.45, 2.75) is 26.7 Å². The van der Waals surface area contributed by atoms with Crippen LogP contribution in [-0.4, -0.2) is 52.2 Å². The fourth-order valence-corrected chi connectivity index (χ4v) is 4.22. The van der Waals surface area contributed by atoms with Crippen molar-refractivity contribution in [1.82, 2.24) is 14.7 Å². The van der Waals surface area contributed by atoms with Crippen LogP contribution in [0.1, 0.15) is 34.3 Å². The summed E-state index contributed by atoms with van der Waals surface area (Å²) in [6.45, 7) is 4.45. The Bertz CT molecular complexity index is 1210. The Hall–Kier alpha value is -3.94. The molecule has 1 aromatic heterocycles. The van der Waals surface area contributed by atoms with Gasteiger partial charge in [0.05, 0.1) is 5.69 Å². The maximum absolute atomic E-state index is 13.1. The molecule has 3 aromatic rings. The lowest BCUT2D eigenvalue weighted by Crippen LogP contribution is -2.43. The van der Waals surface area contributed by atoms with E-state index in [9.17, 15) is 14.4 Å². The van der Waals surface area contributed by atoms with E-state index in [1.807, 2.05) is 62.4 Å². The lowest BCUT2D eigenvalue weighted by Gasteiger charge is -2.30. The third-order valence-corrected chi connectivity index (χ3v) is 6.17. The Balaban J connectivity index is 1.54. The third kappa shape index (κ3) is 5.01. The van der Waals surface area contributed by atoms with Gasteiger partial charge < -0.3 is 15.4 Å². The Kier molecular flexibility index (Phi) is 6.77. The molecule has 8 nitrogen and oxygen atoms in total. The topological polar surface area (TPSA) is 108 Å². The first-order valence-electron chi connectivity index (χ1n) is 11.3. The van der Waals surface area contributed by atoms with Crippen LogP contribution in [0.5, 0.6) is 0 Å². The number of carbonyl (C=O) groups excluding carboxylic acids is 3. The predicted octanol–water partition coefficient (Wildman–Crippen LogP) is 3.04. The molecule has 2 heterocycles. The number of aryl methyl sites for hydroxylation is 2. The highest BCUT2D eigenvalue weighted by molar-refractivity contribution is 5.97. The molecule has 4 rings (SSSR count). The molecule has 0 saturated carbocycles. The van der Waals surface area contributed by atoms with Crippen LogP contribution in [0.15, 0.2) is 54.7 Å². The summed E-state index contributed by atoms with van der Waals surface area (Å²) in [6.07, 6.45) is 2.68. The van der Waals surface area contributed by atoms with Crippen molar-refractivity contribution in [1.29, 1.82) is 0 Å². The zero-order chi connectivity index (χ0) is 24.2. The van der Waals surface area contributed by atoms with Gasteiger partial charge in [-0.05, 0) is 44.4 Å². The number of benzene rings is 2. The van der Waals surface area contributed by atoms with E-state index in [0.29, 0.717) is 31.6 Å². The highest BCUT2D eigenvalue weighted by Crippen LogP contribution is 2.28. The summed E-state index contributed by atoms with van der Waals surface area (Å²) < 4.78 is 7.06. The molecule has 0 aliphatic carbocycles. The molecule has 1 aliphatic rings. The summed E-state index contributed by atoms with van der Waals surface area (Å²) in [6, 6.07) is 15.4. The van der Waals surface area contributed by atoms with Crippen LogP contribution in [0.2, 0.25) is 0 Å². The highest BCUT2D eigenvalue weighted by atomic mass is 16.5. The molecule has 1 fully saturated rings.